The molecule has 82 valence electrons. The van der Waals surface area contributed by atoms with Gasteiger partial charge in [-0.15, -0.1) is 6.58 Å². The molecule has 0 aliphatic rings. The number of ether oxygens (including phenoxy) is 1. The molecular formula is C10H19NO3. The van der Waals surface area contributed by atoms with E-state index < -0.39 is 17.8 Å². The van der Waals surface area contributed by atoms with Crippen molar-refractivity contribution >= 4 is 6.09 Å². The van der Waals surface area contributed by atoms with Gasteiger partial charge in [0.15, 0.2) is 0 Å². The van der Waals surface area contributed by atoms with Crippen LogP contribution in [0.4, 0.5) is 4.79 Å². The number of alkyl carbamates (subject to hydrolysis) is 1. The maximum absolute atomic E-state index is 11.1. The second-order valence-corrected chi connectivity index (χ2v) is 4.06. The van der Waals surface area contributed by atoms with Gasteiger partial charge < -0.3 is 15.2 Å². The molecule has 4 heteroatoms. The molecule has 0 aliphatic heterocycles. The molecule has 1 unspecified atom stereocenters. The first-order chi connectivity index (χ1) is 6.35. The van der Waals surface area contributed by atoms with Crippen molar-refractivity contribution in [1.82, 2.24) is 5.32 Å². The van der Waals surface area contributed by atoms with Crippen molar-refractivity contribution in [1.29, 1.82) is 0 Å². The minimum atomic E-state index is -0.597. The zero-order chi connectivity index (χ0) is 11.2. The van der Waals surface area contributed by atoms with Crippen LogP contribution in [0, 0.1) is 0 Å². The molecule has 0 saturated heterocycles. The standard InChI is InChI=1S/C10H19NO3/c1-5-6-8(12)7-11-9(13)14-10(2,3)4/h5,8,12H,1,6-7H2,2-4H3,(H,11,13). The number of nitrogens with one attached hydrogen (secondary N) is 1. The minimum Gasteiger partial charge on any atom is -0.444 e. The number of carbonyl (C=O) groups is 1. The van der Waals surface area contributed by atoms with Crippen LogP contribution in [-0.2, 0) is 4.74 Å². The quantitative estimate of drug-likeness (QED) is 0.677. The van der Waals surface area contributed by atoms with Crippen LogP contribution in [-0.4, -0.2) is 29.4 Å². The Morgan fingerprint density at radius 3 is 2.64 bits per heavy atom. The van der Waals surface area contributed by atoms with Crippen LogP contribution in [0.15, 0.2) is 12.7 Å². The van der Waals surface area contributed by atoms with Gasteiger partial charge in [-0.05, 0) is 27.2 Å². The summed E-state index contributed by atoms with van der Waals surface area (Å²) in [5.41, 5.74) is -0.506. The Morgan fingerprint density at radius 1 is 1.64 bits per heavy atom. The number of hydrogen-bond acceptors (Lipinski definition) is 3. The molecule has 0 saturated carbocycles. The molecule has 4 nitrogen and oxygen atoms in total. The van der Waals surface area contributed by atoms with E-state index in [1.54, 1.807) is 26.8 Å². The smallest absolute Gasteiger partial charge is 0.407 e. The van der Waals surface area contributed by atoms with Gasteiger partial charge in [-0.3, -0.25) is 0 Å². The lowest BCUT2D eigenvalue weighted by molar-refractivity contribution is 0.0493. The van der Waals surface area contributed by atoms with Gasteiger partial charge in [0.05, 0.1) is 6.10 Å². The van der Waals surface area contributed by atoms with Crippen LogP contribution in [0.1, 0.15) is 27.2 Å². The molecule has 1 atom stereocenters. The van der Waals surface area contributed by atoms with Crippen molar-refractivity contribution in [2.24, 2.45) is 0 Å². The van der Waals surface area contributed by atoms with Crippen LogP contribution >= 0.6 is 0 Å². The normalized spacial score (nSPS) is 13.1. The summed E-state index contributed by atoms with van der Waals surface area (Å²) in [5, 5.41) is 11.7. The van der Waals surface area contributed by atoms with E-state index in [1.165, 1.54) is 0 Å². The topological polar surface area (TPSA) is 58.6 Å². The van der Waals surface area contributed by atoms with E-state index in [1.807, 2.05) is 0 Å². The molecule has 0 fully saturated rings. The van der Waals surface area contributed by atoms with E-state index >= 15 is 0 Å². The van der Waals surface area contributed by atoms with Crippen molar-refractivity contribution in [2.45, 2.75) is 38.9 Å². The van der Waals surface area contributed by atoms with E-state index in [2.05, 4.69) is 11.9 Å². The molecule has 0 aromatic heterocycles. The van der Waals surface area contributed by atoms with Crippen LogP contribution in [0.2, 0.25) is 0 Å². The number of aliphatic hydroxyl groups excluding tert-OH is 1. The molecule has 1 amide bonds. The molecule has 0 bridgehead atoms. The maximum Gasteiger partial charge on any atom is 0.407 e. The Balaban J connectivity index is 3.69. The average Bonchev–Trinajstić information content (AvgIpc) is 1.98. The fraction of sp³-hybridized carbons (Fsp3) is 0.700. The number of aliphatic hydroxyl groups is 1. The second kappa shape index (κ2) is 5.65. The van der Waals surface area contributed by atoms with Gasteiger partial charge in [0.1, 0.15) is 5.60 Å². The van der Waals surface area contributed by atoms with Gasteiger partial charge in [0.2, 0.25) is 0 Å². The SMILES string of the molecule is C=CCC(O)CNC(=O)OC(C)(C)C. The Labute approximate surface area is 85.0 Å². The number of carbonyl (C=O) groups excluding carboxylic acids is 1. The fourth-order valence-electron chi connectivity index (χ4n) is 0.791. The van der Waals surface area contributed by atoms with Gasteiger partial charge in [-0.2, -0.15) is 0 Å². The molecule has 0 aromatic rings. The monoisotopic (exact) mass is 201 g/mol. The van der Waals surface area contributed by atoms with Crippen LogP contribution < -0.4 is 5.32 Å². The van der Waals surface area contributed by atoms with Gasteiger partial charge in [-0.25, -0.2) is 4.79 Å². The molecule has 0 aliphatic carbocycles. The highest BCUT2D eigenvalue weighted by Crippen LogP contribution is 2.06. The minimum absolute atomic E-state index is 0.181. The highest BCUT2D eigenvalue weighted by molar-refractivity contribution is 5.67. The molecule has 2 N–H and O–H groups in total. The Hall–Kier alpha value is -1.03. The third-order valence-corrected chi connectivity index (χ3v) is 1.32. The lowest BCUT2D eigenvalue weighted by atomic mass is 10.2. The van der Waals surface area contributed by atoms with E-state index in [9.17, 15) is 9.90 Å². The largest absolute Gasteiger partial charge is 0.444 e. The highest BCUT2D eigenvalue weighted by atomic mass is 16.6. The fourth-order valence-corrected chi connectivity index (χ4v) is 0.791. The Bertz CT molecular complexity index is 196. The van der Waals surface area contributed by atoms with E-state index in [0.29, 0.717) is 6.42 Å². The number of amides is 1. The maximum atomic E-state index is 11.1. The lowest BCUT2D eigenvalue weighted by Crippen LogP contribution is -2.36. The average molecular weight is 201 g/mol. The van der Waals surface area contributed by atoms with Gasteiger partial charge >= 0.3 is 6.09 Å². The summed E-state index contributed by atoms with van der Waals surface area (Å²) in [4.78, 5) is 11.1. The summed E-state index contributed by atoms with van der Waals surface area (Å²) >= 11 is 0. The van der Waals surface area contributed by atoms with Crippen LogP contribution in [0.3, 0.4) is 0 Å². The summed E-state index contributed by atoms with van der Waals surface area (Å²) < 4.78 is 4.98. The molecule has 14 heavy (non-hydrogen) atoms. The number of hydrogen-bond donors (Lipinski definition) is 2. The zero-order valence-electron chi connectivity index (χ0n) is 9.04. The molecule has 0 heterocycles. The van der Waals surface area contributed by atoms with Gasteiger partial charge in [0.25, 0.3) is 0 Å². The second-order valence-electron chi connectivity index (χ2n) is 4.06. The zero-order valence-corrected chi connectivity index (χ0v) is 9.04. The summed E-state index contributed by atoms with van der Waals surface area (Å²) in [6, 6.07) is 0. The molecule has 0 spiro atoms. The molecule has 0 radical (unpaired) electrons. The Kier molecular flexibility index (Phi) is 5.23. The van der Waals surface area contributed by atoms with Gasteiger partial charge in [-0.1, -0.05) is 6.08 Å². The predicted molar refractivity (Wildman–Crippen MR) is 55.1 cm³/mol. The van der Waals surface area contributed by atoms with Crippen molar-refractivity contribution in [2.75, 3.05) is 6.54 Å². The molecule has 0 aromatic carbocycles. The first-order valence-corrected chi connectivity index (χ1v) is 4.61. The summed E-state index contributed by atoms with van der Waals surface area (Å²) in [6.07, 6.45) is 0.942. The van der Waals surface area contributed by atoms with Crippen molar-refractivity contribution in [3.63, 3.8) is 0 Å². The Morgan fingerprint density at radius 2 is 2.21 bits per heavy atom. The van der Waals surface area contributed by atoms with E-state index in [-0.39, 0.29) is 6.54 Å². The number of rotatable bonds is 4. The third-order valence-electron chi connectivity index (χ3n) is 1.32. The highest BCUT2D eigenvalue weighted by Gasteiger charge is 2.16. The molecular weight excluding hydrogens is 182 g/mol. The van der Waals surface area contributed by atoms with E-state index in [4.69, 9.17) is 4.74 Å². The lowest BCUT2D eigenvalue weighted by Gasteiger charge is -2.20. The van der Waals surface area contributed by atoms with Crippen LogP contribution in [0.5, 0.6) is 0 Å². The predicted octanol–water partition coefficient (Wildman–Crippen LogP) is 1.45. The summed E-state index contributed by atoms with van der Waals surface area (Å²) in [5.74, 6) is 0. The first-order valence-electron chi connectivity index (χ1n) is 4.61. The van der Waals surface area contributed by atoms with Crippen molar-refractivity contribution in [3.05, 3.63) is 12.7 Å². The van der Waals surface area contributed by atoms with Crippen molar-refractivity contribution in [3.8, 4) is 0 Å². The molecule has 0 rings (SSSR count). The first kappa shape index (κ1) is 13.0. The summed E-state index contributed by atoms with van der Waals surface area (Å²) in [7, 11) is 0. The van der Waals surface area contributed by atoms with E-state index in [0.717, 1.165) is 0 Å². The third kappa shape index (κ3) is 7.61. The van der Waals surface area contributed by atoms with Gasteiger partial charge in [0, 0.05) is 6.54 Å². The van der Waals surface area contributed by atoms with Crippen LogP contribution in [0.25, 0.3) is 0 Å². The summed E-state index contributed by atoms with van der Waals surface area (Å²) in [6.45, 7) is 9.02. The van der Waals surface area contributed by atoms with Crippen molar-refractivity contribution < 1.29 is 14.6 Å².